The van der Waals surface area contributed by atoms with Gasteiger partial charge in [0.05, 0.1) is 12.3 Å². The van der Waals surface area contributed by atoms with E-state index >= 15 is 0 Å². The molecule has 1 aliphatic rings. The van der Waals surface area contributed by atoms with Crippen LogP contribution in [0.5, 0.6) is 0 Å². The van der Waals surface area contributed by atoms with Gasteiger partial charge in [0.25, 0.3) is 0 Å². The topological polar surface area (TPSA) is 39.1 Å². The molecule has 2 rings (SSSR count). The van der Waals surface area contributed by atoms with Crippen molar-refractivity contribution < 1.29 is 4.74 Å². The molecule has 1 unspecified atom stereocenters. The van der Waals surface area contributed by atoms with Gasteiger partial charge in [-0.25, -0.2) is 0 Å². The number of nitrogens with one attached hydrogen (secondary N) is 1. The highest BCUT2D eigenvalue weighted by Gasteiger charge is 2.21. The molecule has 0 radical (unpaired) electrons. The van der Waals surface area contributed by atoms with Crippen LogP contribution >= 0.6 is 0 Å². The lowest BCUT2D eigenvalue weighted by Crippen LogP contribution is -2.25. The number of ether oxygens (including phenoxy) is 1. The molecule has 0 amide bonds. The number of likely N-dealkylation sites (N-methyl/N-ethyl adjacent to an activating group) is 1. The molecule has 17 heavy (non-hydrogen) atoms. The standard InChI is InChI=1S/C13H21N3O/c1-4-14-13(12-7-5-6-8-17-12)11-9-10(2)16(3)15-11/h7,9,13-14H,4-6,8H2,1-3H3. The summed E-state index contributed by atoms with van der Waals surface area (Å²) in [7, 11) is 1.97. The molecule has 94 valence electrons. The van der Waals surface area contributed by atoms with Crippen LogP contribution in [-0.4, -0.2) is 22.9 Å². The largest absolute Gasteiger partial charge is 0.496 e. The molecule has 0 aliphatic carbocycles. The molecule has 1 N–H and O–H groups in total. The molecule has 0 spiro atoms. The second kappa shape index (κ2) is 5.36. The fourth-order valence-corrected chi connectivity index (χ4v) is 2.06. The highest BCUT2D eigenvalue weighted by Crippen LogP contribution is 2.25. The normalized spacial score (nSPS) is 17.5. The molecule has 0 saturated carbocycles. The summed E-state index contributed by atoms with van der Waals surface area (Å²) in [5.41, 5.74) is 2.21. The Kier molecular flexibility index (Phi) is 3.84. The van der Waals surface area contributed by atoms with Crippen molar-refractivity contribution in [2.75, 3.05) is 13.2 Å². The van der Waals surface area contributed by atoms with E-state index in [1.54, 1.807) is 0 Å². The Morgan fingerprint density at radius 3 is 2.94 bits per heavy atom. The first kappa shape index (κ1) is 12.2. The molecule has 4 heteroatoms. The molecule has 0 saturated heterocycles. The minimum absolute atomic E-state index is 0.0974. The molecule has 1 atom stereocenters. The molecular weight excluding hydrogens is 214 g/mol. The van der Waals surface area contributed by atoms with Crippen molar-refractivity contribution in [3.8, 4) is 0 Å². The van der Waals surface area contributed by atoms with E-state index < -0.39 is 0 Å². The van der Waals surface area contributed by atoms with E-state index in [-0.39, 0.29) is 6.04 Å². The quantitative estimate of drug-likeness (QED) is 0.868. The number of nitrogens with zero attached hydrogens (tertiary/aromatic N) is 2. The lowest BCUT2D eigenvalue weighted by Gasteiger charge is -2.23. The number of allylic oxidation sites excluding steroid dienone is 1. The van der Waals surface area contributed by atoms with Gasteiger partial charge >= 0.3 is 0 Å². The zero-order chi connectivity index (χ0) is 12.3. The van der Waals surface area contributed by atoms with E-state index in [2.05, 4.69) is 36.4 Å². The van der Waals surface area contributed by atoms with Crippen LogP contribution in [0.2, 0.25) is 0 Å². The first-order valence-electron chi connectivity index (χ1n) is 6.29. The van der Waals surface area contributed by atoms with E-state index in [0.717, 1.165) is 37.4 Å². The summed E-state index contributed by atoms with van der Waals surface area (Å²) in [6, 6.07) is 2.21. The third kappa shape index (κ3) is 2.69. The lowest BCUT2D eigenvalue weighted by atomic mass is 10.1. The lowest BCUT2D eigenvalue weighted by molar-refractivity contribution is 0.167. The summed E-state index contributed by atoms with van der Waals surface area (Å²) in [5, 5.41) is 7.98. The Bertz CT molecular complexity index is 389. The van der Waals surface area contributed by atoms with Crippen LogP contribution in [0.1, 0.15) is 37.2 Å². The molecule has 0 aromatic carbocycles. The SMILES string of the molecule is CCNC(C1=CCCCO1)c1cc(C)n(C)n1. The Morgan fingerprint density at radius 1 is 1.59 bits per heavy atom. The Morgan fingerprint density at radius 2 is 2.41 bits per heavy atom. The van der Waals surface area contributed by atoms with Gasteiger partial charge in [0.15, 0.2) is 0 Å². The first-order chi connectivity index (χ1) is 8.22. The van der Waals surface area contributed by atoms with Crippen molar-refractivity contribution in [2.24, 2.45) is 7.05 Å². The van der Waals surface area contributed by atoms with E-state index in [1.165, 1.54) is 5.69 Å². The number of aryl methyl sites for hydroxylation is 2. The van der Waals surface area contributed by atoms with Gasteiger partial charge in [-0.3, -0.25) is 4.68 Å². The summed E-state index contributed by atoms with van der Waals surface area (Å²) >= 11 is 0. The number of aromatic nitrogens is 2. The van der Waals surface area contributed by atoms with Crippen molar-refractivity contribution in [3.05, 3.63) is 29.3 Å². The third-order valence-electron chi connectivity index (χ3n) is 3.08. The van der Waals surface area contributed by atoms with Gasteiger partial charge in [-0.2, -0.15) is 5.10 Å². The van der Waals surface area contributed by atoms with Crippen LogP contribution in [0.25, 0.3) is 0 Å². The summed E-state index contributed by atoms with van der Waals surface area (Å²) in [4.78, 5) is 0. The van der Waals surface area contributed by atoms with Crippen LogP contribution in [0, 0.1) is 6.92 Å². The highest BCUT2D eigenvalue weighted by molar-refractivity contribution is 5.21. The Hall–Kier alpha value is -1.29. The van der Waals surface area contributed by atoms with Crippen molar-refractivity contribution >= 4 is 0 Å². The number of hydrogen-bond acceptors (Lipinski definition) is 3. The number of hydrogen-bond donors (Lipinski definition) is 1. The van der Waals surface area contributed by atoms with Crippen molar-refractivity contribution in [1.82, 2.24) is 15.1 Å². The maximum atomic E-state index is 5.75. The minimum atomic E-state index is 0.0974. The number of rotatable bonds is 4. The maximum Gasteiger partial charge on any atom is 0.115 e. The summed E-state index contributed by atoms with van der Waals surface area (Å²) in [6.07, 6.45) is 4.40. The Labute approximate surface area is 103 Å². The van der Waals surface area contributed by atoms with E-state index in [1.807, 2.05) is 11.7 Å². The van der Waals surface area contributed by atoms with Gasteiger partial charge in [-0.15, -0.1) is 0 Å². The van der Waals surface area contributed by atoms with Crippen molar-refractivity contribution in [2.45, 2.75) is 32.7 Å². The molecule has 0 bridgehead atoms. The minimum Gasteiger partial charge on any atom is -0.496 e. The predicted molar refractivity (Wildman–Crippen MR) is 67.6 cm³/mol. The van der Waals surface area contributed by atoms with Crippen LogP contribution in [0.4, 0.5) is 0 Å². The fraction of sp³-hybridized carbons (Fsp3) is 0.615. The smallest absolute Gasteiger partial charge is 0.115 e. The molecule has 0 fully saturated rings. The van der Waals surface area contributed by atoms with Crippen LogP contribution in [0.15, 0.2) is 17.9 Å². The molecule has 1 aromatic heterocycles. The summed E-state index contributed by atoms with van der Waals surface area (Å²) in [6.45, 7) is 5.89. The van der Waals surface area contributed by atoms with Crippen LogP contribution < -0.4 is 5.32 Å². The zero-order valence-electron chi connectivity index (χ0n) is 10.9. The molecule has 2 heterocycles. The van der Waals surface area contributed by atoms with Crippen LogP contribution in [0.3, 0.4) is 0 Å². The predicted octanol–water partition coefficient (Wildman–Crippen LogP) is 2.07. The van der Waals surface area contributed by atoms with Gasteiger partial charge in [0.1, 0.15) is 11.8 Å². The highest BCUT2D eigenvalue weighted by atomic mass is 16.5. The van der Waals surface area contributed by atoms with E-state index in [9.17, 15) is 0 Å². The molecule has 1 aliphatic heterocycles. The molecule has 1 aromatic rings. The second-order valence-electron chi connectivity index (χ2n) is 4.42. The molecular formula is C13H21N3O. The summed E-state index contributed by atoms with van der Waals surface area (Å²) in [5.74, 6) is 1.02. The monoisotopic (exact) mass is 235 g/mol. The van der Waals surface area contributed by atoms with Gasteiger partial charge in [-0.1, -0.05) is 6.92 Å². The third-order valence-corrected chi connectivity index (χ3v) is 3.08. The average Bonchev–Trinajstić information content (AvgIpc) is 2.67. The van der Waals surface area contributed by atoms with Gasteiger partial charge in [0.2, 0.25) is 0 Å². The maximum absolute atomic E-state index is 5.75. The second-order valence-corrected chi connectivity index (χ2v) is 4.42. The van der Waals surface area contributed by atoms with E-state index in [0.29, 0.717) is 0 Å². The zero-order valence-corrected chi connectivity index (χ0v) is 10.9. The average molecular weight is 235 g/mol. The first-order valence-corrected chi connectivity index (χ1v) is 6.29. The van der Waals surface area contributed by atoms with E-state index in [4.69, 9.17) is 4.74 Å². The van der Waals surface area contributed by atoms with Crippen molar-refractivity contribution in [3.63, 3.8) is 0 Å². The summed E-state index contributed by atoms with van der Waals surface area (Å²) < 4.78 is 7.65. The van der Waals surface area contributed by atoms with Crippen LogP contribution in [-0.2, 0) is 11.8 Å². The fourth-order valence-electron chi connectivity index (χ4n) is 2.06. The Balaban J connectivity index is 2.24. The van der Waals surface area contributed by atoms with Gasteiger partial charge < -0.3 is 10.1 Å². The van der Waals surface area contributed by atoms with Gasteiger partial charge in [-0.05, 0) is 38.5 Å². The van der Waals surface area contributed by atoms with Gasteiger partial charge in [0, 0.05) is 12.7 Å². The molecule has 4 nitrogen and oxygen atoms in total. The van der Waals surface area contributed by atoms with Crippen molar-refractivity contribution in [1.29, 1.82) is 0 Å².